The third-order valence-electron chi connectivity index (χ3n) is 1.25. The molecule has 6 heteroatoms. The molecule has 4 nitrogen and oxygen atoms in total. The first-order valence-corrected chi connectivity index (χ1v) is 5.62. The maximum atomic E-state index is 10.8. The number of benzene rings is 1. The van der Waals surface area contributed by atoms with Gasteiger partial charge in [0, 0.05) is 6.07 Å². The Kier molecular flexibility index (Phi) is 2.68. The van der Waals surface area contributed by atoms with Gasteiger partial charge in [-0.2, -0.15) is 0 Å². The quantitative estimate of drug-likeness (QED) is 0.794. The van der Waals surface area contributed by atoms with Crippen LogP contribution in [0.25, 0.3) is 0 Å². The number of nitrogens with one attached hydrogen (secondary N) is 1. The van der Waals surface area contributed by atoms with E-state index in [0.29, 0.717) is 0 Å². The molecule has 2 N–H and O–H groups in total. The number of phenols is 1. The van der Waals surface area contributed by atoms with Crippen molar-refractivity contribution in [1.29, 1.82) is 0 Å². The second-order valence-electron chi connectivity index (χ2n) is 2.54. The lowest BCUT2D eigenvalue weighted by molar-refractivity contribution is 0.476. The lowest BCUT2D eigenvalue weighted by Crippen LogP contribution is -2.09. The molecule has 0 saturated heterocycles. The summed E-state index contributed by atoms with van der Waals surface area (Å²) in [6.07, 6.45) is 1.03. The molecule has 0 heterocycles. The fourth-order valence-electron chi connectivity index (χ4n) is 0.790. The lowest BCUT2D eigenvalue weighted by atomic mass is 10.3. The number of aromatic hydroxyl groups is 1. The predicted octanol–water partition coefficient (Wildman–Crippen LogP) is 1.42. The monoisotopic (exact) mass is 221 g/mol. The molecule has 0 amide bonds. The van der Waals surface area contributed by atoms with Crippen LogP contribution < -0.4 is 4.72 Å². The van der Waals surface area contributed by atoms with Gasteiger partial charge < -0.3 is 5.11 Å². The molecule has 0 aromatic heterocycles. The van der Waals surface area contributed by atoms with Crippen LogP contribution in [-0.4, -0.2) is 19.8 Å². The topological polar surface area (TPSA) is 66.4 Å². The van der Waals surface area contributed by atoms with Crippen LogP contribution in [0.15, 0.2) is 18.2 Å². The number of hydrogen-bond donors (Lipinski definition) is 2. The summed E-state index contributed by atoms with van der Waals surface area (Å²) in [6, 6.07) is 4.11. The van der Waals surface area contributed by atoms with E-state index in [0.717, 1.165) is 6.26 Å². The minimum atomic E-state index is -3.31. The van der Waals surface area contributed by atoms with Gasteiger partial charge in [-0.3, -0.25) is 4.72 Å². The Hall–Kier alpha value is -0.940. The molecule has 0 bridgehead atoms. The number of phenolic OH excluding ortho intramolecular Hbond substituents is 1. The van der Waals surface area contributed by atoms with Crippen LogP contribution in [0.4, 0.5) is 5.69 Å². The molecule has 0 saturated carbocycles. The van der Waals surface area contributed by atoms with Crippen LogP contribution in [0.2, 0.25) is 5.02 Å². The van der Waals surface area contributed by atoms with Crippen molar-refractivity contribution in [1.82, 2.24) is 0 Å². The zero-order valence-electron chi connectivity index (χ0n) is 6.78. The third kappa shape index (κ3) is 3.12. The molecule has 1 aromatic carbocycles. The van der Waals surface area contributed by atoms with E-state index in [1.807, 2.05) is 0 Å². The highest BCUT2D eigenvalue weighted by molar-refractivity contribution is 7.92. The van der Waals surface area contributed by atoms with Crippen molar-refractivity contribution < 1.29 is 13.5 Å². The number of halogens is 1. The Morgan fingerprint density at radius 3 is 2.54 bits per heavy atom. The molecule has 0 aliphatic carbocycles. The van der Waals surface area contributed by atoms with Crippen molar-refractivity contribution in [2.45, 2.75) is 0 Å². The highest BCUT2D eigenvalue weighted by Gasteiger charge is 2.04. The van der Waals surface area contributed by atoms with Gasteiger partial charge in [0.15, 0.2) is 0 Å². The van der Waals surface area contributed by atoms with E-state index in [9.17, 15) is 8.42 Å². The standard InChI is InChI=1S/C7H8ClNO3S/c1-13(11,12)9-5-2-3-6(8)7(10)4-5/h2-4,9-10H,1H3. The Balaban J connectivity index is 2.99. The van der Waals surface area contributed by atoms with Crippen LogP contribution in [0.1, 0.15) is 0 Å². The molecule has 13 heavy (non-hydrogen) atoms. The first-order valence-electron chi connectivity index (χ1n) is 3.35. The second-order valence-corrected chi connectivity index (χ2v) is 4.70. The SMILES string of the molecule is CS(=O)(=O)Nc1ccc(Cl)c(O)c1. The zero-order chi connectivity index (χ0) is 10.1. The van der Waals surface area contributed by atoms with Gasteiger partial charge >= 0.3 is 0 Å². The largest absolute Gasteiger partial charge is 0.506 e. The normalized spacial score (nSPS) is 11.2. The average Bonchev–Trinajstić information content (AvgIpc) is 1.94. The molecular weight excluding hydrogens is 214 g/mol. The van der Waals surface area contributed by atoms with Crippen molar-refractivity contribution in [3.05, 3.63) is 23.2 Å². The number of sulfonamides is 1. The highest BCUT2D eigenvalue weighted by Crippen LogP contribution is 2.26. The molecule has 1 aromatic rings. The Morgan fingerprint density at radius 1 is 1.46 bits per heavy atom. The minimum absolute atomic E-state index is 0.157. The maximum absolute atomic E-state index is 10.8. The van der Waals surface area contributed by atoms with Crippen molar-refractivity contribution in [2.75, 3.05) is 11.0 Å². The van der Waals surface area contributed by atoms with Gasteiger partial charge in [0.2, 0.25) is 10.0 Å². The number of anilines is 1. The van der Waals surface area contributed by atoms with E-state index in [1.165, 1.54) is 18.2 Å². The summed E-state index contributed by atoms with van der Waals surface area (Å²) >= 11 is 5.52. The second kappa shape index (κ2) is 3.43. The summed E-state index contributed by atoms with van der Waals surface area (Å²) in [5, 5.41) is 9.31. The van der Waals surface area contributed by atoms with E-state index in [4.69, 9.17) is 16.7 Å². The fraction of sp³-hybridized carbons (Fsp3) is 0.143. The average molecular weight is 222 g/mol. The van der Waals surface area contributed by atoms with Gasteiger partial charge in [0.1, 0.15) is 5.75 Å². The van der Waals surface area contributed by atoms with E-state index in [2.05, 4.69) is 4.72 Å². The van der Waals surface area contributed by atoms with E-state index in [-0.39, 0.29) is 16.5 Å². The van der Waals surface area contributed by atoms with Gasteiger partial charge in [-0.1, -0.05) is 11.6 Å². The van der Waals surface area contributed by atoms with Gasteiger partial charge in [-0.25, -0.2) is 8.42 Å². The molecule has 0 aliphatic heterocycles. The van der Waals surface area contributed by atoms with Crippen molar-refractivity contribution in [2.24, 2.45) is 0 Å². The van der Waals surface area contributed by atoms with E-state index >= 15 is 0 Å². The highest BCUT2D eigenvalue weighted by atomic mass is 35.5. The van der Waals surface area contributed by atoms with Crippen LogP contribution in [-0.2, 0) is 10.0 Å². The van der Waals surface area contributed by atoms with Crippen LogP contribution in [0.3, 0.4) is 0 Å². The molecular formula is C7H8ClNO3S. The summed E-state index contributed by atoms with van der Waals surface area (Å²) < 4.78 is 23.7. The smallest absolute Gasteiger partial charge is 0.229 e. The zero-order valence-corrected chi connectivity index (χ0v) is 8.35. The molecule has 0 radical (unpaired) electrons. The van der Waals surface area contributed by atoms with Crippen molar-refractivity contribution in [3.63, 3.8) is 0 Å². The molecule has 0 aliphatic rings. The van der Waals surface area contributed by atoms with E-state index < -0.39 is 10.0 Å². The summed E-state index contributed by atoms with van der Waals surface area (Å²) in [5.41, 5.74) is 0.282. The van der Waals surface area contributed by atoms with Gasteiger partial charge in [0.05, 0.1) is 17.0 Å². The summed E-state index contributed by atoms with van der Waals surface area (Å²) in [5.74, 6) is -0.157. The van der Waals surface area contributed by atoms with Gasteiger partial charge in [-0.05, 0) is 12.1 Å². The van der Waals surface area contributed by atoms with Crippen molar-refractivity contribution >= 4 is 27.3 Å². The molecule has 1 rings (SSSR count). The van der Waals surface area contributed by atoms with E-state index in [1.54, 1.807) is 0 Å². The van der Waals surface area contributed by atoms with Crippen LogP contribution in [0.5, 0.6) is 5.75 Å². The van der Waals surface area contributed by atoms with Crippen LogP contribution >= 0.6 is 11.6 Å². The number of hydrogen-bond acceptors (Lipinski definition) is 3. The fourth-order valence-corrected chi connectivity index (χ4v) is 1.46. The number of rotatable bonds is 2. The predicted molar refractivity (Wildman–Crippen MR) is 51.6 cm³/mol. The molecule has 0 atom stereocenters. The molecule has 0 fully saturated rings. The minimum Gasteiger partial charge on any atom is -0.506 e. The molecule has 72 valence electrons. The Bertz CT molecular complexity index is 416. The van der Waals surface area contributed by atoms with Gasteiger partial charge in [-0.15, -0.1) is 0 Å². The molecule has 0 spiro atoms. The van der Waals surface area contributed by atoms with Crippen LogP contribution in [0, 0.1) is 0 Å². The lowest BCUT2D eigenvalue weighted by Gasteiger charge is -2.04. The maximum Gasteiger partial charge on any atom is 0.229 e. The third-order valence-corrected chi connectivity index (χ3v) is 2.18. The Labute approximate surface area is 81.2 Å². The Morgan fingerprint density at radius 2 is 2.08 bits per heavy atom. The molecule has 0 unspecified atom stereocenters. The van der Waals surface area contributed by atoms with Gasteiger partial charge in [0.25, 0.3) is 0 Å². The first kappa shape index (κ1) is 10.1. The summed E-state index contributed by atoms with van der Waals surface area (Å²) in [7, 11) is -3.31. The van der Waals surface area contributed by atoms with Crippen molar-refractivity contribution in [3.8, 4) is 5.75 Å². The summed E-state index contributed by atoms with van der Waals surface area (Å²) in [6.45, 7) is 0. The first-order chi connectivity index (χ1) is 5.88. The summed E-state index contributed by atoms with van der Waals surface area (Å²) in [4.78, 5) is 0.